The van der Waals surface area contributed by atoms with Gasteiger partial charge in [0.05, 0.1) is 23.5 Å². The first-order valence-corrected chi connectivity index (χ1v) is 21.7. The van der Waals surface area contributed by atoms with Gasteiger partial charge in [0.2, 0.25) is 11.1 Å². The summed E-state index contributed by atoms with van der Waals surface area (Å²) in [5, 5.41) is 2.99. The van der Waals surface area contributed by atoms with Crippen molar-refractivity contribution in [2.75, 3.05) is 24.4 Å². The van der Waals surface area contributed by atoms with Gasteiger partial charge in [-0.3, -0.25) is 9.59 Å². The molecule has 8 nitrogen and oxygen atoms in total. The fourth-order valence-corrected chi connectivity index (χ4v) is 7.29. The number of amides is 1. The zero-order chi connectivity index (χ0) is 44.1. The Morgan fingerprint density at radius 1 is 0.695 bits per heavy atom. The highest BCUT2D eigenvalue weighted by molar-refractivity contribution is 9.10. The maximum Gasteiger partial charge on any atom is 0.330 e. The summed E-state index contributed by atoms with van der Waals surface area (Å²) in [5.74, 6) is -0.723. The van der Waals surface area contributed by atoms with Gasteiger partial charge in [-0.1, -0.05) is 119 Å². The van der Waals surface area contributed by atoms with Crippen LogP contribution in [-0.4, -0.2) is 37.3 Å². The summed E-state index contributed by atoms with van der Waals surface area (Å²) in [5.41, 5.74) is 4.72. The Bertz CT molecular complexity index is 2090. The van der Waals surface area contributed by atoms with Crippen LogP contribution in [0.2, 0.25) is 0 Å². The van der Waals surface area contributed by atoms with Gasteiger partial charge in [-0.05, 0) is 120 Å². The number of ether oxygens (including phenoxy) is 2. The predicted molar refractivity (Wildman–Crippen MR) is 246 cm³/mol. The summed E-state index contributed by atoms with van der Waals surface area (Å²) in [6.45, 7) is -1.42. The second kappa shape index (κ2) is 25.9. The quantitative estimate of drug-likeness (QED) is 0.0857. The van der Waals surface area contributed by atoms with Gasteiger partial charge >= 0.3 is 11.9 Å². The first-order chi connectivity index (χ1) is 29.4. The highest BCUT2D eigenvalue weighted by Crippen LogP contribution is 2.30. The SMILES string of the molecule is O=C(Cl)C1CCCCC1.[2H]C(Nc1cccc(/C=C/C(=O)OC)c1)c1ccc(Br)cc1.[2H]C(c1ccc(Br)cc1)N(C(=O)C1CCCCC1)c1cccc(/C=C/C(=O)OC)c1. The molecule has 0 aromatic heterocycles. The smallest absolute Gasteiger partial charge is 0.330 e. The molecule has 4 aromatic rings. The van der Waals surface area contributed by atoms with Crippen LogP contribution in [0, 0.1) is 11.8 Å². The van der Waals surface area contributed by atoms with Crippen molar-refractivity contribution in [2.45, 2.75) is 77.2 Å². The highest BCUT2D eigenvalue weighted by atomic mass is 79.9. The van der Waals surface area contributed by atoms with Gasteiger partial charge in [0.25, 0.3) is 0 Å². The molecule has 2 saturated carbocycles. The fourth-order valence-electron chi connectivity index (χ4n) is 6.54. The van der Waals surface area contributed by atoms with Crippen LogP contribution < -0.4 is 10.2 Å². The molecule has 0 bridgehead atoms. The third kappa shape index (κ3) is 17.3. The topological polar surface area (TPSA) is 102 Å². The molecule has 2 aliphatic rings. The van der Waals surface area contributed by atoms with E-state index in [1.165, 1.54) is 45.6 Å². The van der Waals surface area contributed by atoms with E-state index < -0.39 is 25.0 Å². The predicted octanol–water partition coefficient (Wildman–Crippen LogP) is 12.3. The second-order valence-corrected chi connectivity index (χ2v) is 16.3. The number of esters is 2. The number of carbonyl (C=O) groups excluding carboxylic acids is 4. The van der Waals surface area contributed by atoms with E-state index in [0.717, 1.165) is 81.8 Å². The lowest BCUT2D eigenvalue weighted by molar-refractivity contribution is -0.135. The van der Waals surface area contributed by atoms with Crippen LogP contribution in [0.3, 0.4) is 0 Å². The van der Waals surface area contributed by atoms with Crippen molar-refractivity contribution in [3.05, 3.63) is 140 Å². The van der Waals surface area contributed by atoms with Crippen LogP contribution in [0.15, 0.2) is 118 Å². The number of benzene rings is 4. The third-order valence-corrected chi connectivity index (χ3v) is 11.2. The van der Waals surface area contributed by atoms with Crippen molar-refractivity contribution < 1.29 is 31.4 Å². The number of anilines is 2. The number of hydrogen-bond donors (Lipinski definition) is 1. The maximum absolute atomic E-state index is 13.5. The fraction of sp³-hybridized carbons (Fsp3) is 0.333. The molecular weight excluding hydrogens is 896 g/mol. The Hall–Kier alpha value is -4.51. The molecule has 0 spiro atoms. The zero-order valence-corrected chi connectivity index (χ0v) is 37.4. The van der Waals surface area contributed by atoms with Crippen LogP contribution in [0.25, 0.3) is 12.2 Å². The summed E-state index contributed by atoms with van der Waals surface area (Å²) < 4.78 is 28.2. The average molecular weight is 951 g/mol. The Kier molecular flexibility index (Phi) is 19.3. The Labute approximate surface area is 373 Å². The van der Waals surface area contributed by atoms with Crippen molar-refractivity contribution in [3.8, 4) is 0 Å². The van der Waals surface area contributed by atoms with E-state index in [-0.39, 0.29) is 23.0 Å². The zero-order valence-electron chi connectivity index (χ0n) is 35.5. The number of methoxy groups -OCH3 is 2. The lowest BCUT2D eigenvalue weighted by Gasteiger charge is -2.30. The molecule has 0 radical (unpaired) electrons. The van der Waals surface area contributed by atoms with Gasteiger partial charge in [0.15, 0.2) is 0 Å². The number of halogens is 3. The first kappa shape index (κ1) is 44.1. The minimum absolute atomic E-state index is 0.00767. The first-order valence-electron chi connectivity index (χ1n) is 20.9. The number of hydrogen-bond acceptors (Lipinski definition) is 7. The van der Waals surface area contributed by atoms with E-state index in [1.807, 2.05) is 97.1 Å². The minimum atomic E-state index is -0.854. The molecule has 2 unspecified atom stereocenters. The summed E-state index contributed by atoms with van der Waals surface area (Å²) in [6.07, 6.45) is 16.7. The second-order valence-electron chi connectivity index (χ2n) is 14.1. The largest absolute Gasteiger partial charge is 0.466 e. The molecule has 312 valence electrons. The minimum Gasteiger partial charge on any atom is -0.466 e. The van der Waals surface area contributed by atoms with Crippen LogP contribution in [0.5, 0.6) is 0 Å². The molecule has 0 aliphatic heterocycles. The number of nitrogens with one attached hydrogen (secondary N) is 1. The van der Waals surface area contributed by atoms with Crippen LogP contribution >= 0.6 is 43.5 Å². The summed E-state index contributed by atoms with van der Waals surface area (Å²) in [7, 11) is 2.67. The van der Waals surface area contributed by atoms with E-state index in [1.54, 1.807) is 17.1 Å². The summed E-state index contributed by atoms with van der Waals surface area (Å²) in [6, 6.07) is 30.0. The Morgan fingerprint density at radius 3 is 1.69 bits per heavy atom. The molecule has 4 aromatic carbocycles. The molecule has 11 heteroatoms. The van der Waals surface area contributed by atoms with Crippen LogP contribution in [0.4, 0.5) is 11.4 Å². The van der Waals surface area contributed by atoms with Crippen molar-refractivity contribution in [2.24, 2.45) is 11.8 Å². The molecule has 59 heavy (non-hydrogen) atoms. The standard InChI is InChI=1S/C24H26BrNO3.C17H16BrNO2.C7H11ClO/c1-29-23(27)15-12-18-6-5-9-22(16-18)26(17-19-10-13-21(25)14-11-19)24(28)20-7-3-2-4-8-20;1-21-17(20)10-7-13-3-2-4-16(11-13)19-12-14-5-8-15(18)9-6-14;8-7(9)6-4-2-1-3-5-6/h5-6,9-16,20H,2-4,7-8,17H2,1H3;2-11,19H,12H2,1H3;6H,1-5H2/b15-12+;10-7+;/i17D;12D;. The number of nitrogens with zero attached hydrogens (tertiary/aromatic N) is 1. The van der Waals surface area contributed by atoms with E-state index >= 15 is 0 Å². The molecule has 0 saturated heterocycles. The monoisotopic (exact) mass is 948 g/mol. The van der Waals surface area contributed by atoms with E-state index in [2.05, 4.69) is 46.7 Å². The third-order valence-electron chi connectivity index (χ3n) is 9.80. The van der Waals surface area contributed by atoms with E-state index in [9.17, 15) is 19.2 Å². The van der Waals surface area contributed by atoms with E-state index in [4.69, 9.17) is 14.3 Å². The summed E-state index contributed by atoms with van der Waals surface area (Å²) >= 11 is 12.1. The molecule has 1 amide bonds. The molecule has 6 rings (SSSR count). The van der Waals surface area contributed by atoms with Crippen molar-refractivity contribution >= 4 is 90.1 Å². The molecular formula is C48H53Br2ClN2O6. The molecule has 2 fully saturated rings. The number of rotatable bonds is 12. The molecule has 1 N–H and O–H groups in total. The number of carbonyl (C=O) groups is 4. The highest BCUT2D eigenvalue weighted by Gasteiger charge is 2.27. The normalized spacial score (nSPS) is 15.9. The van der Waals surface area contributed by atoms with Gasteiger partial charge in [0, 0.05) is 50.8 Å². The van der Waals surface area contributed by atoms with E-state index in [0.29, 0.717) is 5.69 Å². The summed E-state index contributed by atoms with van der Waals surface area (Å²) in [4.78, 5) is 48.2. The van der Waals surface area contributed by atoms with Crippen LogP contribution in [0.1, 0.15) is 89.2 Å². The van der Waals surface area contributed by atoms with Crippen molar-refractivity contribution in [1.29, 1.82) is 0 Å². The van der Waals surface area contributed by atoms with Crippen LogP contribution in [-0.2, 0) is 41.7 Å². The van der Waals surface area contributed by atoms with Crippen molar-refractivity contribution in [1.82, 2.24) is 0 Å². The Morgan fingerprint density at radius 2 is 1.19 bits per heavy atom. The average Bonchev–Trinajstić information content (AvgIpc) is 3.29. The molecule has 2 atom stereocenters. The van der Waals surface area contributed by atoms with Gasteiger partial charge in [0.1, 0.15) is 0 Å². The van der Waals surface area contributed by atoms with Crippen molar-refractivity contribution in [3.63, 3.8) is 0 Å². The molecule has 2 aliphatic carbocycles. The van der Waals surface area contributed by atoms with Gasteiger partial charge < -0.3 is 19.7 Å². The Balaban J connectivity index is 0.000000230. The lowest BCUT2D eigenvalue weighted by atomic mass is 9.88. The maximum atomic E-state index is 13.5. The van der Waals surface area contributed by atoms with Gasteiger partial charge in [-0.25, -0.2) is 9.59 Å². The van der Waals surface area contributed by atoms with Gasteiger partial charge in [-0.15, -0.1) is 0 Å². The lowest BCUT2D eigenvalue weighted by Crippen LogP contribution is -2.36. The van der Waals surface area contributed by atoms with Gasteiger partial charge in [-0.2, -0.15) is 0 Å². The molecule has 0 heterocycles.